The molecular weight excluding hydrogens is 560 g/mol. The van der Waals surface area contributed by atoms with Crippen molar-refractivity contribution in [1.29, 1.82) is 0 Å². The number of nitrogens with zero attached hydrogens (tertiary/aromatic N) is 1. The molecule has 2 aliphatic rings. The van der Waals surface area contributed by atoms with E-state index in [0.29, 0.717) is 23.7 Å². The summed E-state index contributed by atoms with van der Waals surface area (Å²) in [5, 5.41) is 3.93. The Morgan fingerprint density at radius 1 is 0.953 bits per heavy atom. The predicted octanol–water partition coefficient (Wildman–Crippen LogP) is 8.34. The molecule has 0 unspecified atom stereocenters. The first kappa shape index (κ1) is 28.8. The van der Waals surface area contributed by atoms with Crippen LogP contribution < -0.4 is 24.3 Å². The van der Waals surface area contributed by atoms with E-state index in [9.17, 15) is 4.79 Å². The van der Waals surface area contributed by atoms with E-state index < -0.39 is 0 Å². The number of nitrogens with one attached hydrogen (secondary N) is 1. The van der Waals surface area contributed by atoms with E-state index in [4.69, 9.17) is 23.9 Å². The van der Waals surface area contributed by atoms with Gasteiger partial charge in [0.15, 0.2) is 23.0 Å². The van der Waals surface area contributed by atoms with Crippen LogP contribution in [-0.4, -0.2) is 26.0 Å². The van der Waals surface area contributed by atoms with Crippen molar-refractivity contribution in [2.24, 2.45) is 4.99 Å². The highest BCUT2D eigenvalue weighted by atomic mass is 32.1. The molecule has 0 radical (unpaired) electrons. The normalized spacial score (nSPS) is 14.2. The second kappa shape index (κ2) is 12.9. The van der Waals surface area contributed by atoms with Gasteiger partial charge >= 0.3 is 0 Å². The number of benzene rings is 3. The number of anilines is 1. The average Bonchev–Trinajstić information content (AvgIpc) is 3.60. The molecule has 6 rings (SSSR count). The highest BCUT2D eigenvalue weighted by Crippen LogP contribution is 2.40. The number of methoxy groups -OCH3 is 1. The minimum Gasteiger partial charge on any atom is -0.493 e. The number of rotatable bonds is 8. The molecule has 0 fully saturated rings. The number of ether oxygens (including phenoxy) is 4. The van der Waals surface area contributed by atoms with Crippen LogP contribution in [0.4, 0.5) is 10.7 Å². The fourth-order valence-corrected chi connectivity index (χ4v) is 6.72. The molecule has 0 bridgehead atoms. The zero-order valence-electron chi connectivity index (χ0n) is 24.8. The Balaban J connectivity index is 1.24. The van der Waals surface area contributed by atoms with Crippen LogP contribution in [-0.2, 0) is 19.4 Å². The molecule has 8 heteroatoms. The van der Waals surface area contributed by atoms with Crippen molar-refractivity contribution in [2.75, 3.05) is 19.2 Å². The first-order valence-corrected chi connectivity index (χ1v) is 15.6. The molecule has 1 N–H and O–H groups in total. The Morgan fingerprint density at radius 2 is 1.79 bits per heavy atom. The molecule has 4 aromatic rings. The lowest BCUT2D eigenvalue weighted by molar-refractivity contribution is 0.102. The van der Waals surface area contributed by atoms with Crippen molar-refractivity contribution < 1.29 is 23.7 Å². The molecule has 0 saturated carbocycles. The molecule has 1 aromatic heterocycles. The van der Waals surface area contributed by atoms with Gasteiger partial charge in [-0.05, 0) is 104 Å². The highest BCUT2D eigenvalue weighted by Gasteiger charge is 2.24. The first-order valence-electron chi connectivity index (χ1n) is 14.7. The zero-order chi connectivity index (χ0) is 29.8. The zero-order valence-corrected chi connectivity index (χ0v) is 25.6. The lowest BCUT2D eigenvalue weighted by Gasteiger charge is -2.13. The third kappa shape index (κ3) is 6.54. The SMILES string of the molecule is COc1cc(C=Nc2sc3c(c2C(=O)Nc2cc(C)ccc2C)CCCCCC3)ccc1OCc1ccc2c(c1)OCO2. The van der Waals surface area contributed by atoms with Crippen molar-refractivity contribution in [1.82, 2.24) is 0 Å². The number of aliphatic imine (C=N–C) groups is 1. The molecule has 1 aliphatic heterocycles. The maximum absolute atomic E-state index is 13.8. The summed E-state index contributed by atoms with van der Waals surface area (Å²) in [5.74, 6) is 2.61. The molecule has 2 heterocycles. The summed E-state index contributed by atoms with van der Waals surface area (Å²) in [7, 11) is 1.62. The third-order valence-corrected chi connectivity index (χ3v) is 9.07. The second-order valence-electron chi connectivity index (χ2n) is 11.0. The van der Waals surface area contributed by atoms with Gasteiger partial charge in [0.25, 0.3) is 5.91 Å². The summed E-state index contributed by atoms with van der Waals surface area (Å²) in [4.78, 5) is 20.0. The third-order valence-electron chi connectivity index (χ3n) is 7.87. The topological polar surface area (TPSA) is 78.4 Å². The maximum atomic E-state index is 13.8. The lowest BCUT2D eigenvalue weighted by Crippen LogP contribution is -2.15. The number of thiophene rings is 1. The molecule has 43 heavy (non-hydrogen) atoms. The highest BCUT2D eigenvalue weighted by molar-refractivity contribution is 7.16. The van der Waals surface area contributed by atoms with Crippen LogP contribution >= 0.6 is 11.3 Å². The molecule has 1 amide bonds. The van der Waals surface area contributed by atoms with Crippen LogP contribution in [0.3, 0.4) is 0 Å². The summed E-state index contributed by atoms with van der Waals surface area (Å²) >= 11 is 1.64. The lowest BCUT2D eigenvalue weighted by atomic mass is 9.96. The van der Waals surface area contributed by atoms with Crippen LogP contribution in [0.1, 0.15) is 68.7 Å². The number of hydrogen-bond donors (Lipinski definition) is 1. The van der Waals surface area contributed by atoms with Crippen molar-refractivity contribution in [3.63, 3.8) is 0 Å². The Bertz CT molecular complexity index is 1680. The predicted molar refractivity (Wildman–Crippen MR) is 171 cm³/mol. The van der Waals surface area contributed by atoms with E-state index in [1.54, 1.807) is 24.7 Å². The van der Waals surface area contributed by atoms with Crippen LogP contribution in [0.25, 0.3) is 0 Å². The minimum atomic E-state index is -0.0937. The van der Waals surface area contributed by atoms with Gasteiger partial charge in [0.05, 0.1) is 12.7 Å². The number of carbonyl (C=O) groups excluding carboxylic acids is 1. The average molecular weight is 597 g/mol. The molecule has 0 atom stereocenters. The molecule has 0 saturated heterocycles. The summed E-state index contributed by atoms with van der Waals surface area (Å²) in [6.45, 7) is 4.65. The largest absolute Gasteiger partial charge is 0.493 e. The van der Waals surface area contributed by atoms with Crippen molar-refractivity contribution >= 4 is 34.1 Å². The van der Waals surface area contributed by atoms with Crippen LogP contribution in [0, 0.1) is 13.8 Å². The van der Waals surface area contributed by atoms with Gasteiger partial charge in [-0.15, -0.1) is 11.3 Å². The fourth-order valence-electron chi connectivity index (χ4n) is 5.49. The van der Waals surface area contributed by atoms with Gasteiger partial charge in [0.1, 0.15) is 11.6 Å². The van der Waals surface area contributed by atoms with E-state index in [1.807, 2.05) is 62.4 Å². The molecule has 222 valence electrons. The number of fused-ring (bicyclic) bond motifs is 2. The molecule has 0 spiro atoms. The van der Waals surface area contributed by atoms with Crippen molar-refractivity contribution in [3.05, 3.63) is 92.9 Å². The quantitative estimate of drug-likeness (QED) is 0.207. The van der Waals surface area contributed by atoms with E-state index in [-0.39, 0.29) is 12.7 Å². The maximum Gasteiger partial charge on any atom is 0.259 e. The first-order chi connectivity index (χ1) is 21.0. The Hall–Kier alpha value is -4.30. The van der Waals surface area contributed by atoms with Gasteiger partial charge in [-0.2, -0.15) is 0 Å². The fraction of sp³-hybridized carbons (Fsp3) is 0.314. The summed E-state index contributed by atoms with van der Waals surface area (Å²) in [5.41, 5.74) is 6.67. The Labute approximate surface area is 256 Å². The monoisotopic (exact) mass is 596 g/mol. The number of carbonyl (C=O) groups is 1. The van der Waals surface area contributed by atoms with Crippen molar-refractivity contribution in [3.8, 4) is 23.0 Å². The van der Waals surface area contributed by atoms with E-state index >= 15 is 0 Å². The Morgan fingerprint density at radius 3 is 2.65 bits per heavy atom. The van der Waals surface area contributed by atoms with Crippen molar-refractivity contribution in [2.45, 2.75) is 59.0 Å². The molecule has 3 aromatic carbocycles. The van der Waals surface area contributed by atoms with E-state index in [2.05, 4.69) is 11.4 Å². The van der Waals surface area contributed by atoms with Gasteiger partial charge in [-0.3, -0.25) is 4.79 Å². The smallest absolute Gasteiger partial charge is 0.259 e. The van der Waals surface area contributed by atoms with Gasteiger partial charge in [0.2, 0.25) is 6.79 Å². The number of hydrogen-bond acceptors (Lipinski definition) is 7. The number of aryl methyl sites for hydroxylation is 3. The van der Waals surface area contributed by atoms with Crippen LogP contribution in [0.5, 0.6) is 23.0 Å². The van der Waals surface area contributed by atoms with E-state index in [1.165, 1.54) is 17.7 Å². The molecule has 1 aliphatic carbocycles. The van der Waals surface area contributed by atoms with Crippen LogP contribution in [0.2, 0.25) is 0 Å². The minimum absolute atomic E-state index is 0.0937. The molecular formula is C35H36N2O5S. The van der Waals surface area contributed by atoms with E-state index in [0.717, 1.165) is 75.7 Å². The number of amides is 1. The van der Waals surface area contributed by atoms with Gasteiger partial charge in [-0.1, -0.05) is 31.0 Å². The van der Waals surface area contributed by atoms with Crippen LogP contribution in [0.15, 0.2) is 59.6 Å². The van der Waals surface area contributed by atoms with Gasteiger partial charge in [-0.25, -0.2) is 4.99 Å². The second-order valence-corrected chi connectivity index (χ2v) is 12.1. The summed E-state index contributed by atoms with van der Waals surface area (Å²) in [6.07, 6.45) is 8.33. The molecule has 7 nitrogen and oxygen atoms in total. The summed E-state index contributed by atoms with van der Waals surface area (Å²) in [6, 6.07) is 17.6. The summed E-state index contributed by atoms with van der Waals surface area (Å²) < 4.78 is 22.6. The standard InChI is InChI=1S/C35H36N2O5S/c1-22-10-11-23(2)27(16-22)37-34(38)33-26-8-6-4-5-7-9-32(26)43-35(33)36-19-24-12-14-28(30(17-24)39-3)40-20-25-13-15-29-31(18-25)42-21-41-29/h10-19H,4-9,20-21H2,1-3H3,(H,37,38). The van der Waals surface area contributed by atoms with Gasteiger partial charge in [0, 0.05) is 16.8 Å². The Kier molecular flexibility index (Phi) is 8.65. The van der Waals surface area contributed by atoms with Gasteiger partial charge < -0.3 is 24.3 Å².